The normalized spacial score (nSPS) is 10.2. The number of rotatable bonds is 6. The molecule has 4 heteroatoms. The number of carbonyl (C=O) groups is 1. The first-order valence-electron chi connectivity index (χ1n) is 5.87. The van der Waals surface area contributed by atoms with Gasteiger partial charge in [-0.1, -0.05) is 12.1 Å². The van der Waals surface area contributed by atoms with Crippen LogP contribution in [0.2, 0.25) is 0 Å². The van der Waals surface area contributed by atoms with Crippen molar-refractivity contribution in [3.05, 3.63) is 29.8 Å². The van der Waals surface area contributed by atoms with Gasteiger partial charge in [0.05, 0.1) is 0 Å². The second-order valence-electron chi connectivity index (χ2n) is 3.79. The summed E-state index contributed by atoms with van der Waals surface area (Å²) >= 11 is 0. The molecule has 0 aliphatic rings. The largest absolute Gasteiger partial charge is 0.399 e. The van der Waals surface area contributed by atoms with Crippen molar-refractivity contribution < 1.29 is 9.53 Å². The number of nitrogens with two attached hydrogens (primary N) is 1. The lowest BCUT2D eigenvalue weighted by Gasteiger charge is -2.21. The van der Waals surface area contributed by atoms with Gasteiger partial charge in [0.2, 0.25) is 5.91 Å². The first-order valence-corrected chi connectivity index (χ1v) is 5.87. The fraction of sp³-hybridized carbons (Fsp3) is 0.462. The van der Waals surface area contributed by atoms with Crippen molar-refractivity contribution in [3.63, 3.8) is 0 Å². The summed E-state index contributed by atoms with van der Waals surface area (Å²) < 4.78 is 5.12. The molecule has 0 atom stereocenters. The third kappa shape index (κ3) is 4.44. The number of carbonyl (C=O) groups excluding carboxylic acids is 1. The van der Waals surface area contributed by atoms with Crippen molar-refractivity contribution in [1.82, 2.24) is 4.90 Å². The van der Waals surface area contributed by atoms with Gasteiger partial charge in [0, 0.05) is 25.4 Å². The van der Waals surface area contributed by atoms with E-state index >= 15 is 0 Å². The molecular weight excluding hydrogens is 216 g/mol. The lowest BCUT2D eigenvalue weighted by atomic mass is 10.2. The predicted molar refractivity (Wildman–Crippen MR) is 68.4 cm³/mol. The lowest BCUT2D eigenvalue weighted by molar-refractivity contribution is -0.136. The molecule has 2 N–H and O–H groups in total. The van der Waals surface area contributed by atoms with Gasteiger partial charge in [-0.3, -0.25) is 4.79 Å². The van der Waals surface area contributed by atoms with Gasteiger partial charge in [-0.15, -0.1) is 0 Å². The second-order valence-corrected chi connectivity index (χ2v) is 3.79. The molecule has 0 saturated carbocycles. The molecule has 4 nitrogen and oxygen atoms in total. The van der Waals surface area contributed by atoms with Crippen LogP contribution in [0.25, 0.3) is 0 Å². The fourth-order valence-corrected chi connectivity index (χ4v) is 1.57. The fourth-order valence-electron chi connectivity index (χ4n) is 1.57. The van der Waals surface area contributed by atoms with Gasteiger partial charge in [-0.2, -0.15) is 0 Å². The molecule has 1 rings (SSSR count). The van der Waals surface area contributed by atoms with Crippen LogP contribution in [0.5, 0.6) is 0 Å². The summed E-state index contributed by atoms with van der Waals surface area (Å²) in [6.07, 6.45) is 0. The van der Waals surface area contributed by atoms with Crippen LogP contribution in [0.3, 0.4) is 0 Å². The van der Waals surface area contributed by atoms with Crippen LogP contribution in [-0.2, 0) is 16.1 Å². The van der Waals surface area contributed by atoms with Gasteiger partial charge in [-0.25, -0.2) is 0 Å². The Bertz CT molecular complexity index is 366. The maximum Gasteiger partial charge on any atom is 0.248 e. The Kier molecular flexibility index (Phi) is 5.49. The number of ether oxygens (including phenoxy) is 1. The van der Waals surface area contributed by atoms with Crippen LogP contribution in [0.1, 0.15) is 19.4 Å². The number of anilines is 1. The Morgan fingerprint density at radius 1 is 1.41 bits per heavy atom. The van der Waals surface area contributed by atoms with Gasteiger partial charge in [-0.05, 0) is 31.5 Å². The predicted octanol–water partition coefficient (Wildman–Crippen LogP) is 1.65. The number of nitrogens with zero attached hydrogens (tertiary/aromatic N) is 1. The highest BCUT2D eigenvalue weighted by Crippen LogP contribution is 2.09. The Morgan fingerprint density at radius 3 is 2.76 bits per heavy atom. The molecule has 0 spiro atoms. The van der Waals surface area contributed by atoms with E-state index in [1.165, 1.54) is 0 Å². The molecule has 1 amide bonds. The summed E-state index contributed by atoms with van der Waals surface area (Å²) in [5.41, 5.74) is 7.46. The minimum absolute atomic E-state index is 0.0109. The van der Waals surface area contributed by atoms with E-state index in [0.717, 1.165) is 11.3 Å². The molecule has 0 bridgehead atoms. The minimum atomic E-state index is 0.0109. The zero-order chi connectivity index (χ0) is 12.7. The van der Waals surface area contributed by atoms with E-state index in [0.29, 0.717) is 19.7 Å². The van der Waals surface area contributed by atoms with E-state index in [9.17, 15) is 4.79 Å². The number of hydrogen-bond donors (Lipinski definition) is 1. The molecule has 0 aliphatic heterocycles. The third-order valence-corrected chi connectivity index (χ3v) is 2.49. The van der Waals surface area contributed by atoms with Crippen LogP contribution < -0.4 is 5.73 Å². The van der Waals surface area contributed by atoms with Crippen molar-refractivity contribution in [2.75, 3.05) is 25.5 Å². The summed E-state index contributed by atoms with van der Waals surface area (Å²) in [6.45, 7) is 5.78. The van der Waals surface area contributed by atoms with E-state index in [-0.39, 0.29) is 12.5 Å². The second kappa shape index (κ2) is 6.91. The molecule has 0 aliphatic carbocycles. The van der Waals surface area contributed by atoms with Crippen molar-refractivity contribution in [1.29, 1.82) is 0 Å². The molecule has 0 fully saturated rings. The molecule has 1 aromatic rings. The number of likely N-dealkylation sites (N-methyl/N-ethyl adjacent to an activating group) is 1. The summed E-state index contributed by atoms with van der Waals surface area (Å²) in [5, 5.41) is 0. The van der Waals surface area contributed by atoms with Crippen LogP contribution in [-0.4, -0.2) is 30.6 Å². The zero-order valence-electron chi connectivity index (χ0n) is 10.5. The maximum atomic E-state index is 11.8. The highest BCUT2D eigenvalue weighted by Gasteiger charge is 2.11. The maximum absolute atomic E-state index is 11.8. The van der Waals surface area contributed by atoms with Crippen molar-refractivity contribution in [2.24, 2.45) is 0 Å². The molecule has 0 heterocycles. The van der Waals surface area contributed by atoms with Gasteiger partial charge in [0.15, 0.2) is 0 Å². The smallest absolute Gasteiger partial charge is 0.248 e. The molecule has 17 heavy (non-hydrogen) atoms. The quantitative estimate of drug-likeness (QED) is 0.764. The highest BCUT2D eigenvalue weighted by molar-refractivity contribution is 5.77. The van der Waals surface area contributed by atoms with Crippen molar-refractivity contribution >= 4 is 11.6 Å². The van der Waals surface area contributed by atoms with Crippen LogP contribution in [0, 0.1) is 0 Å². The minimum Gasteiger partial charge on any atom is -0.399 e. The number of nitrogen functional groups attached to an aromatic ring is 1. The van der Waals surface area contributed by atoms with Crippen molar-refractivity contribution in [2.45, 2.75) is 20.4 Å². The molecule has 0 saturated heterocycles. The Labute approximate surface area is 102 Å². The number of benzene rings is 1. The summed E-state index contributed by atoms with van der Waals surface area (Å²) in [4.78, 5) is 13.5. The van der Waals surface area contributed by atoms with Gasteiger partial charge < -0.3 is 15.4 Å². The standard InChI is InChI=1S/C13H20N2O2/c1-3-15(13(16)10-17-4-2)9-11-6-5-7-12(14)8-11/h5-8H,3-4,9-10,14H2,1-2H3. The first kappa shape index (κ1) is 13.5. The van der Waals surface area contributed by atoms with Crippen LogP contribution in [0.15, 0.2) is 24.3 Å². The summed E-state index contributed by atoms with van der Waals surface area (Å²) in [5.74, 6) is 0.0109. The Balaban J connectivity index is 2.60. The first-order chi connectivity index (χ1) is 8.17. The third-order valence-electron chi connectivity index (χ3n) is 2.49. The highest BCUT2D eigenvalue weighted by atomic mass is 16.5. The van der Waals surface area contributed by atoms with E-state index in [1.807, 2.05) is 38.1 Å². The SMILES string of the molecule is CCOCC(=O)N(CC)Cc1cccc(N)c1. The molecular formula is C13H20N2O2. The monoisotopic (exact) mass is 236 g/mol. The Morgan fingerprint density at radius 2 is 2.18 bits per heavy atom. The van der Waals surface area contributed by atoms with Crippen LogP contribution in [0.4, 0.5) is 5.69 Å². The molecule has 1 aromatic carbocycles. The molecule has 0 aromatic heterocycles. The average Bonchev–Trinajstić information content (AvgIpc) is 2.33. The van der Waals surface area contributed by atoms with Gasteiger partial charge in [0.25, 0.3) is 0 Å². The average molecular weight is 236 g/mol. The summed E-state index contributed by atoms with van der Waals surface area (Å²) in [6, 6.07) is 7.58. The zero-order valence-corrected chi connectivity index (χ0v) is 10.5. The summed E-state index contributed by atoms with van der Waals surface area (Å²) in [7, 11) is 0. The molecule has 0 unspecified atom stereocenters. The molecule has 0 radical (unpaired) electrons. The van der Waals surface area contributed by atoms with E-state index in [1.54, 1.807) is 4.90 Å². The number of hydrogen-bond acceptors (Lipinski definition) is 3. The van der Waals surface area contributed by atoms with E-state index in [4.69, 9.17) is 10.5 Å². The van der Waals surface area contributed by atoms with Crippen molar-refractivity contribution in [3.8, 4) is 0 Å². The topological polar surface area (TPSA) is 55.6 Å². The molecule has 94 valence electrons. The van der Waals surface area contributed by atoms with E-state index < -0.39 is 0 Å². The Hall–Kier alpha value is -1.55. The number of amides is 1. The van der Waals surface area contributed by atoms with E-state index in [2.05, 4.69) is 0 Å². The lowest BCUT2D eigenvalue weighted by Crippen LogP contribution is -2.33. The van der Waals surface area contributed by atoms with Gasteiger partial charge in [0.1, 0.15) is 6.61 Å². The van der Waals surface area contributed by atoms with Gasteiger partial charge >= 0.3 is 0 Å². The van der Waals surface area contributed by atoms with Crippen LogP contribution >= 0.6 is 0 Å².